The van der Waals surface area contributed by atoms with Gasteiger partial charge in [0.25, 0.3) is 0 Å². The molecule has 2 aliphatic heterocycles. The molecule has 0 spiro atoms. The zero-order valence-electron chi connectivity index (χ0n) is 20.8. The first-order valence-corrected chi connectivity index (χ1v) is 13.2. The van der Waals surface area contributed by atoms with E-state index in [-0.39, 0.29) is 17.1 Å². The maximum atomic E-state index is 12.6. The summed E-state index contributed by atoms with van der Waals surface area (Å²) in [6.07, 6.45) is 24.1. The SMILES string of the molecule is CCCCCCCCCCCCCCCCC=CC(=O)N(CC1(C)CO1)CC1(C)CO1. The first-order chi connectivity index (χ1) is 15.0. The van der Waals surface area contributed by atoms with E-state index in [0.29, 0.717) is 13.1 Å². The monoisotopic (exact) mass is 435 g/mol. The van der Waals surface area contributed by atoms with E-state index in [2.05, 4.69) is 26.8 Å². The zero-order valence-corrected chi connectivity index (χ0v) is 20.8. The van der Waals surface area contributed by atoms with Crippen LogP contribution in [0.25, 0.3) is 0 Å². The van der Waals surface area contributed by atoms with Crippen LogP contribution in [0.15, 0.2) is 12.2 Å². The fourth-order valence-electron chi connectivity index (χ4n) is 4.19. The van der Waals surface area contributed by atoms with Crippen LogP contribution >= 0.6 is 0 Å². The average Bonchev–Trinajstić information content (AvgIpc) is 3.66. The lowest BCUT2D eigenvalue weighted by Gasteiger charge is -2.25. The number of allylic oxidation sites excluding steroid dienone is 1. The van der Waals surface area contributed by atoms with Crippen LogP contribution < -0.4 is 0 Å². The van der Waals surface area contributed by atoms with Crippen LogP contribution in [-0.4, -0.2) is 48.3 Å². The Morgan fingerprint density at radius 1 is 0.742 bits per heavy atom. The van der Waals surface area contributed by atoms with Crippen molar-refractivity contribution in [3.63, 3.8) is 0 Å². The molecule has 4 nitrogen and oxygen atoms in total. The van der Waals surface area contributed by atoms with Gasteiger partial charge in [0.1, 0.15) is 11.2 Å². The van der Waals surface area contributed by atoms with Crippen molar-refractivity contribution in [2.24, 2.45) is 0 Å². The molecule has 31 heavy (non-hydrogen) atoms. The average molecular weight is 436 g/mol. The van der Waals surface area contributed by atoms with E-state index in [4.69, 9.17) is 9.47 Å². The van der Waals surface area contributed by atoms with Crippen molar-refractivity contribution in [3.05, 3.63) is 12.2 Å². The van der Waals surface area contributed by atoms with Gasteiger partial charge in [-0.05, 0) is 32.8 Å². The van der Waals surface area contributed by atoms with Crippen LogP contribution in [0.3, 0.4) is 0 Å². The molecule has 0 aromatic carbocycles. The number of amides is 1. The van der Waals surface area contributed by atoms with Crippen molar-refractivity contribution in [2.75, 3.05) is 26.3 Å². The number of epoxide rings is 2. The lowest BCUT2D eigenvalue weighted by Crippen LogP contribution is -2.42. The second-order valence-electron chi connectivity index (χ2n) is 10.5. The molecule has 0 aromatic rings. The van der Waals surface area contributed by atoms with E-state index in [0.717, 1.165) is 19.6 Å². The number of rotatable bonds is 20. The predicted molar refractivity (Wildman–Crippen MR) is 129 cm³/mol. The minimum atomic E-state index is -0.149. The Morgan fingerprint density at radius 2 is 1.13 bits per heavy atom. The molecule has 4 heteroatoms. The molecule has 180 valence electrons. The summed E-state index contributed by atoms with van der Waals surface area (Å²) in [5.41, 5.74) is -0.299. The van der Waals surface area contributed by atoms with Crippen LogP contribution in [0.4, 0.5) is 0 Å². The van der Waals surface area contributed by atoms with E-state index in [9.17, 15) is 4.79 Å². The van der Waals surface area contributed by atoms with Gasteiger partial charge in [-0.15, -0.1) is 0 Å². The van der Waals surface area contributed by atoms with Gasteiger partial charge in [0.05, 0.1) is 26.3 Å². The Morgan fingerprint density at radius 3 is 1.52 bits per heavy atom. The number of ether oxygens (including phenoxy) is 2. The third-order valence-electron chi connectivity index (χ3n) is 6.62. The maximum absolute atomic E-state index is 12.6. The van der Waals surface area contributed by atoms with Gasteiger partial charge in [-0.25, -0.2) is 0 Å². The minimum Gasteiger partial charge on any atom is -0.368 e. The molecule has 2 atom stereocenters. The summed E-state index contributed by atoms with van der Waals surface area (Å²) in [7, 11) is 0. The van der Waals surface area contributed by atoms with E-state index in [1.807, 2.05) is 4.90 Å². The Bertz CT molecular complexity index is 503. The van der Waals surface area contributed by atoms with Crippen LogP contribution in [0.5, 0.6) is 0 Å². The van der Waals surface area contributed by atoms with Crippen molar-refractivity contribution in [1.29, 1.82) is 0 Å². The zero-order chi connectivity index (χ0) is 22.4. The van der Waals surface area contributed by atoms with Gasteiger partial charge < -0.3 is 14.4 Å². The van der Waals surface area contributed by atoms with Crippen molar-refractivity contribution >= 4 is 5.91 Å². The topological polar surface area (TPSA) is 45.4 Å². The van der Waals surface area contributed by atoms with Crippen molar-refractivity contribution in [3.8, 4) is 0 Å². The highest BCUT2D eigenvalue weighted by Gasteiger charge is 2.46. The summed E-state index contributed by atoms with van der Waals surface area (Å²) < 4.78 is 11.0. The van der Waals surface area contributed by atoms with E-state index in [1.165, 1.54) is 89.9 Å². The molecular weight excluding hydrogens is 386 g/mol. The van der Waals surface area contributed by atoms with Gasteiger partial charge in [-0.1, -0.05) is 96.5 Å². The fraction of sp³-hybridized carbons (Fsp3) is 0.889. The molecule has 2 aliphatic rings. The van der Waals surface area contributed by atoms with Gasteiger partial charge >= 0.3 is 0 Å². The second kappa shape index (κ2) is 14.3. The first-order valence-electron chi connectivity index (χ1n) is 13.2. The largest absolute Gasteiger partial charge is 0.368 e. The number of hydrogen-bond donors (Lipinski definition) is 0. The summed E-state index contributed by atoms with van der Waals surface area (Å²) >= 11 is 0. The summed E-state index contributed by atoms with van der Waals surface area (Å²) in [6.45, 7) is 9.24. The highest BCUT2D eigenvalue weighted by molar-refractivity contribution is 5.87. The normalized spacial score (nSPS) is 24.6. The highest BCUT2D eigenvalue weighted by atomic mass is 16.6. The van der Waals surface area contributed by atoms with Gasteiger partial charge in [-0.2, -0.15) is 0 Å². The molecule has 2 rings (SSSR count). The molecule has 1 amide bonds. The summed E-state index contributed by atoms with van der Waals surface area (Å²) in [5.74, 6) is 0.0961. The number of carbonyl (C=O) groups excluding carboxylic acids is 1. The standard InChI is InChI=1S/C27H49NO3/c1-4-5-6-7-8-9-10-11-12-13-14-15-16-17-18-19-20-25(29)28(21-26(2)23-30-26)22-27(3)24-31-27/h19-20H,4-18,21-24H2,1-3H3. The predicted octanol–water partition coefficient (Wildman–Crippen LogP) is 6.82. The number of carbonyl (C=O) groups is 1. The molecule has 0 aliphatic carbocycles. The van der Waals surface area contributed by atoms with Crippen molar-refractivity contribution < 1.29 is 14.3 Å². The van der Waals surface area contributed by atoms with E-state index in [1.54, 1.807) is 6.08 Å². The quantitative estimate of drug-likeness (QED) is 0.120. The number of hydrogen-bond acceptors (Lipinski definition) is 3. The van der Waals surface area contributed by atoms with Gasteiger partial charge in [0.2, 0.25) is 5.91 Å². The lowest BCUT2D eigenvalue weighted by atomic mass is 10.0. The first kappa shape index (κ1) is 26.4. The molecule has 0 radical (unpaired) electrons. The molecule has 2 saturated heterocycles. The summed E-state index contributed by atoms with van der Waals surface area (Å²) in [6, 6.07) is 0. The van der Waals surface area contributed by atoms with Crippen LogP contribution in [0.2, 0.25) is 0 Å². The van der Waals surface area contributed by atoms with Crippen LogP contribution in [0, 0.1) is 0 Å². The Balaban J connectivity index is 1.41. The Labute approximate surface area is 192 Å². The maximum Gasteiger partial charge on any atom is 0.246 e. The molecular formula is C27H49NO3. The molecule has 0 N–H and O–H groups in total. The van der Waals surface area contributed by atoms with Crippen molar-refractivity contribution in [2.45, 2.75) is 128 Å². The molecule has 2 heterocycles. The summed E-state index contributed by atoms with van der Waals surface area (Å²) in [4.78, 5) is 14.5. The highest BCUT2D eigenvalue weighted by Crippen LogP contribution is 2.31. The fourth-order valence-corrected chi connectivity index (χ4v) is 4.19. The van der Waals surface area contributed by atoms with E-state index < -0.39 is 0 Å². The molecule has 0 saturated carbocycles. The van der Waals surface area contributed by atoms with E-state index >= 15 is 0 Å². The van der Waals surface area contributed by atoms with Gasteiger partial charge in [-0.3, -0.25) is 4.79 Å². The van der Waals surface area contributed by atoms with Crippen LogP contribution in [0.1, 0.15) is 117 Å². The Hall–Kier alpha value is -0.870. The van der Waals surface area contributed by atoms with Crippen LogP contribution in [-0.2, 0) is 14.3 Å². The molecule has 2 unspecified atom stereocenters. The minimum absolute atomic E-state index is 0.0961. The number of nitrogens with zero attached hydrogens (tertiary/aromatic N) is 1. The Kier molecular flexibility index (Phi) is 12.2. The molecule has 2 fully saturated rings. The van der Waals surface area contributed by atoms with Crippen molar-refractivity contribution in [1.82, 2.24) is 4.90 Å². The lowest BCUT2D eigenvalue weighted by molar-refractivity contribution is -0.127. The third kappa shape index (κ3) is 12.7. The van der Waals surface area contributed by atoms with Gasteiger partial charge in [0.15, 0.2) is 0 Å². The summed E-state index contributed by atoms with van der Waals surface area (Å²) in [5, 5.41) is 0. The number of unbranched alkanes of at least 4 members (excludes halogenated alkanes) is 14. The smallest absolute Gasteiger partial charge is 0.246 e. The van der Waals surface area contributed by atoms with Gasteiger partial charge in [0, 0.05) is 0 Å². The third-order valence-corrected chi connectivity index (χ3v) is 6.62. The molecule has 0 bridgehead atoms. The molecule has 0 aromatic heterocycles. The second-order valence-corrected chi connectivity index (χ2v) is 10.5.